The summed E-state index contributed by atoms with van der Waals surface area (Å²) in [6.07, 6.45) is 2.92. The standard InChI is InChI=1S/C14H28N2O2/c1-13(2,9-11(17)15-5)7-8-14(3,4)10-12(18)16-6/h7-10H2,1-6H3,(H,15,17)(H,16,18). The predicted octanol–water partition coefficient (Wildman–Crippen LogP) is 2.09. The number of amides is 2. The van der Waals surface area contributed by atoms with Crippen LogP contribution in [-0.2, 0) is 9.59 Å². The van der Waals surface area contributed by atoms with Crippen molar-refractivity contribution in [2.75, 3.05) is 14.1 Å². The number of carbonyl (C=O) groups is 2. The van der Waals surface area contributed by atoms with Gasteiger partial charge < -0.3 is 10.6 Å². The van der Waals surface area contributed by atoms with Gasteiger partial charge in [0.2, 0.25) is 11.8 Å². The molecule has 0 aromatic carbocycles. The maximum atomic E-state index is 11.4. The van der Waals surface area contributed by atoms with E-state index in [0.717, 1.165) is 12.8 Å². The third-order valence-corrected chi connectivity index (χ3v) is 3.31. The summed E-state index contributed by atoms with van der Waals surface area (Å²) in [4.78, 5) is 22.8. The minimum absolute atomic E-state index is 0.0277. The van der Waals surface area contributed by atoms with Crippen LogP contribution in [0, 0.1) is 10.8 Å². The van der Waals surface area contributed by atoms with Crippen molar-refractivity contribution in [3.63, 3.8) is 0 Å². The summed E-state index contributed by atoms with van der Waals surface area (Å²) in [5.74, 6) is 0.146. The Balaban J connectivity index is 4.28. The van der Waals surface area contributed by atoms with Crippen LogP contribution < -0.4 is 10.6 Å². The van der Waals surface area contributed by atoms with Gasteiger partial charge >= 0.3 is 0 Å². The topological polar surface area (TPSA) is 58.2 Å². The molecule has 0 radical (unpaired) electrons. The van der Waals surface area contributed by atoms with Crippen molar-refractivity contribution < 1.29 is 9.59 Å². The van der Waals surface area contributed by atoms with Gasteiger partial charge in [-0.25, -0.2) is 0 Å². The van der Waals surface area contributed by atoms with E-state index in [1.165, 1.54) is 0 Å². The quantitative estimate of drug-likeness (QED) is 0.733. The van der Waals surface area contributed by atoms with Crippen molar-refractivity contribution in [2.24, 2.45) is 10.8 Å². The van der Waals surface area contributed by atoms with Crippen molar-refractivity contribution in [3.8, 4) is 0 Å². The zero-order valence-electron chi connectivity index (χ0n) is 12.6. The zero-order valence-corrected chi connectivity index (χ0v) is 12.6. The summed E-state index contributed by atoms with van der Waals surface area (Å²) in [6.45, 7) is 8.38. The van der Waals surface area contributed by atoms with Gasteiger partial charge in [0, 0.05) is 26.9 Å². The van der Waals surface area contributed by atoms with Crippen LogP contribution in [0.3, 0.4) is 0 Å². The Kier molecular flexibility index (Phi) is 6.36. The van der Waals surface area contributed by atoms with E-state index in [2.05, 4.69) is 38.3 Å². The summed E-state index contributed by atoms with van der Waals surface area (Å²) < 4.78 is 0. The van der Waals surface area contributed by atoms with E-state index in [9.17, 15) is 9.59 Å². The highest BCUT2D eigenvalue weighted by molar-refractivity contribution is 5.76. The first kappa shape index (κ1) is 16.9. The summed E-state index contributed by atoms with van der Waals surface area (Å²) in [6, 6.07) is 0. The molecule has 4 heteroatoms. The van der Waals surface area contributed by atoms with E-state index < -0.39 is 0 Å². The summed E-state index contributed by atoms with van der Waals surface area (Å²) in [5.41, 5.74) is -0.0554. The van der Waals surface area contributed by atoms with Crippen LogP contribution in [0.5, 0.6) is 0 Å². The van der Waals surface area contributed by atoms with Gasteiger partial charge in [-0.15, -0.1) is 0 Å². The van der Waals surface area contributed by atoms with Gasteiger partial charge in [0.1, 0.15) is 0 Å². The van der Waals surface area contributed by atoms with Crippen molar-refractivity contribution in [1.29, 1.82) is 0 Å². The molecule has 2 N–H and O–H groups in total. The Morgan fingerprint density at radius 1 is 0.778 bits per heavy atom. The van der Waals surface area contributed by atoms with Crippen LogP contribution >= 0.6 is 0 Å². The molecule has 0 rings (SSSR count). The Morgan fingerprint density at radius 2 is 1.06 bits per heavy atom. The largest absolute Gasteiger partial charge is 0.359 e. The van der Waals surface area contributed by atoms with Crippen LogP contribution in [0.1, 0.15) is 53.4 Å². The average Bonchev–Trinajstić information content (AvgIpc) is 2.25. The lowest BCUT2D eigenvalue weighted by molar-refractivity contribution is -0.124. The highest BCUT2D eigenvalue weighted by atomic mass is 16.2. The molecule has 18 heavy (non-hydrogen) atoms. The number of rotatable bonds is 7. The van der Waals surface area contributed by atoms with Gasteiger partial charge in [0.15, 0.2) is 0 Å². The molecule has 2 amide bonds. The molecule has 0 spiro atoms. The Bertz CT molecular complexity index is 266. The maximum Gasteiger partial charge on any atom is 0.220 e. The highest BCUT2D eigenvalue weighted by Gasteiger charge is 2.27. The second-order valence-electron chi connectivity index (χ2n) is 6.53. The van der Waals surface area contributed by atoms with Gasteiger partial charge in [-0.3, -0.25) is 9.59 Å². The third-order valence-electron chi connectivity index (χ3n) is 3.31. The minimum Gasteiger partial charge on any atom is -0.359 e. The predicted molar refractivity (Wildman–Crippen MR) is 74.2 cm³/mol. The molecule has 0 atom stereocenters. The molecule has 0 saturated carbocycles. The summed E-state index contributed by atoms with van der Waals surface area (Å²) in [5, 5.41) is 5.31. The first-order valence-electron chi connectivity index (χ1n) is 6.53. The second-order valence-corrected chi connectivity index (χ2v) is 6.53. The summed E-state index contributed by atoms with van der Waals surface area (Å²) >= 11 is 0. The van der Waals surface area contributed by atoms with Gasteiger partial charge in [-0.1, -0.05) is 27.7 Å². The van der Waals surface area contributed by atoms with E-state index in [1.54, 1.807) is 14.1 Å². The van der Waals surface area contributed by atoms with E-state index in [-0.39, 0.29) is 22.6 Å². The molecule has 0 unspecified atom stereocenters. The lowest BCUT2D eigenvalue weighted by atomic mass is 9.75. The molecule has 0 saturated heterocycles. The van der Waals surface area contributed by atoms with Crippen LogP contribution in [0.2, 0.25) is 0 Å². The van der Waals surface area contributed by atoms with Crippen molar-refractivity contribution in [3.05, 3.63) is 0 Å². The van der Waals surface area contributed by atoms with Crippen molar-refractivity contribution in [2.45, 2.75) is 53.4 Å². The Hall–Kier alpha value is -1.06. The molecular formula is C14H28N2O2. The van der Waals surface area contributed by atoms with Gasteiger partial charge in [0.05, 0.1) is 0 Å². The number of hydrogen-bond acceptors (Lipinski definition) is 2. The first-order chi connectivity index (χ1) is 8.12. The molecule has 0 aromatic heterocycles. The third kappa shape index (κ3) is 7.30. The summed E-state index contributed by atoms with van der Waals surface area (Å²) in [7, 11) is 3.32. The number of nitrogens with one attached hydrogen (secondary N) is 2. The fourth-order valence-corrected chi connectivity index (χ4v) is 1.90. The highest BCUT2D eigenvalue weighted by Crippen LogP contribution is 2.35. The van der Waals surface area contributed by atoms with Gasteiger partial charge in [-0.2, -0.15) is 0 Å². The monoisotopic (exact) mass is 256 g/mol. The first-order valence-corrected chi connectivity index (χ1v) is 6.53. The molecule has 0 aliphatic carbocycles. The zero-order chi connectivity index (χ0) is 14.4. The molecule has 0 heterocycles. The fourth-order valence-electron chi connectivity index (χ4n) is 1.90. The van der Waals surface area contributed by atoms with E-state index in [4.69, 9.17) is 0 Å². The van der Waals surface area contributed by atoms with Crippen LogP contribution in [-0.4, -0.2) is 25.9 Å². The number of carbonyl (C=O) groups excluding carboxylic acids is 2. The van der Waals surface area contributed by atoms with E-state index >= 15 is 0 Å². The molecule has 0 fully saturated rings. The van der Waals surface area contributed by atoms with Crippen molar-refractivity contribution in [1.82, 2.24) is 10.6 Å². The molecular weight excluding hydrogens is 228 g/mol. The SMILES string of the molecule is CNC(=O)CC(C)(C)CCC(C)(C)CC(=O)NC. The van der Waals surface area contributed by atoms with Crippen LogP contribution in [0.15, 0.2) is 0 Å². The maximum absolute atomic E-state index is 11.4. The molecule has 0 aromatic rings. The normalized spacial score (nSPS) is 12.1. The van der Waals surface area contributed by atoms with Crippen LogP contribution in [0.4, 0.5) is 0 Å². The average molecular weight is 256 g/mol. The lowest BCUT2D eigenvalue weighted by Crippen LogP contribution is -2.29. The molecule has 0 aliphatic rings. The molecule has 106 valence electrons. The second kappa shape index (κ2) is 6.76. The Labute approximate surface area is 111 Å². The molecule has 0 bridgehead atoms. The smallest absolute Gasteiger partial charge is 0.220 e. The van der Waals surface area contributed by atoms with E-state index in [0.29, 0.717) is 12.8 Å². The van der Waals surface area contributed by atoms with Gasteiger partial charge in [0.25, 0.3) is 0 Å². The lowest BCUT2D eigenvalue weighted by Gasteiger charge is -2.30. The molecule has 0 aliphatic heterocycles. The van der Waals surface area contributed by atoms with Gasteiger partial charge in [-0.05, 0) is 23.7 Å². The van der Waals surface area contributed by atoms with Crippen LogP contribution in [0.25, 0.3) is 0 Å². The minimum atomic E-state index is -0.0277. The number of hydrogen-bond donors (Lipinski definition) is 2. The molecule has 4 nitrogen and oxygen atoms in total. The Morgan fingerprint density at radius 3 is 1.28 bits per heavy atom. The van der Waals surface area contributed by atoms with Crippen molar-refractivity contribution >= 4 is 11.8 Å². The van der Waals surface area contributed by atoms with E-state index in [1.807, 2.05) is 0 Å². The fraction of sp³-hybridized carbons (Fsp3) is 0.857.